The Kier molecular flexibility index (Phi) is 10.6. The number of tetrazole rings is 1. The standard InChI is InChI=1S/C33H34F3N7O5/c1-48-25-14-15-26(27(17-25)33(34,35)36)21-6-2-19(3-7-21)16-28(39-30(44)23-8-4-20(5-9-23)18-37-32(46)47)31(45)38-24-12-10-22(11-13-24)29-40-42-43-41-29/h2-3,6-7,10-15,17,20,23,28,37H,4-5,8-9,16,18H2,1H3,(H,38,45)(H,39,44)(H,46,47)(H,40,41,42,43)/t20-,23-,28-/m0/s1. The number of nitrogens with zero attached hydrogens (tertiary/aromatic N) is 3. The summed E-state index contributed by atoms with van der Waals surface area (Å²) in [5.74, 6) is -0.532. The Hall–Kier alpha value is -5.47. The zero-order valence-corrected chi connectivity index (χ0v) is 25.9. The Bertz CT molecular complexity index is 1710. The third kappa shape index (κ3) is 8.66. The van der Waals surface area contributed by atoms with Crippen molar-refractivity contribution >= 4 is 23.6 Å². The number of H-pyrrole nitrogens is 1. The molecule has 5 rings (SSSR count). The van der Waals surface area contributed by atoms with Crippen molar-refractivity contribution < 1.29 is 37.4 Å². The fourth-order valence-electron chi connectivity index (χ4n) is 5.77. The van der Waals surface area contributed by atoms with Gasteiger partial charge in [0.15, 0.2) is 0 Å². The quantitative estimate of drug-likeness (QED) is 0.144. The molecule has 0 radical (unpaired) electrons. The largest absolute Gasteiger partial charge is 0.497 e. The maximum Gasteiger partial charge on any atom is 0.417 e. The number of hydrogen-bond donors (Lipinski definition) is 5. The van der Waals surface area contributed by atoms with Crippen molar-refractivity contribution in [2.24, 2.45) is 11.8 Å². The van der Waals surface area contributed by atoms with Crippen molar-refractivity contribution in [3.63, 3.8) is 0 Å². The van der Waals surface area contributed by atoms with Crippen LogP contribution in [0.5, 0.6) is 5.75 Å². The van der Waals surface area contributed by atoms with Gasteiger partial charge >= 0.3 is 12.3 Å². The van der Waals surface area contributed by atoms with Crippen LogP contribution in [0.4, 0.5) is 23.7 Å². The Morgan fingerprint density at radius 3 is 2.27 bits per heavy atom. The summed E-state index contributed by atoms with van der Waals surface area (Å²) in [6, 6.07) is 15.9. The van der Waals surface area contributed by atoms with Gasteiger partial charge in [-0.1, -0.05) is 30.3 Å². The highest BCUT2D eigenvalue weighted by atomic mass is 19.4. The zero-order chi connectivity index (χ0) is 34.3. The van der Waals surface area contributed by atoms with Crippen LogP contribution in [0.15, 0.2) is 66.7 Å². The summed E-state index contributed by atoms with van der Waals surface area (Å²) in [6.45, 7) is 0.317. The molecule has 12 nitrogen and oxygen atoms in total. The summed E-state index contributed by atoms with van der Waals surface area (Å²) in [5.41, 5.74) is 1.24. The molecule has 1 aliphatic rings. The molecule has 1 saturated carbocycles. The van der Waals surface area contributed by atoms with Crippen LogP contribution in [-0.2, 0) is 22.2 Å². The van der Waals surface area contributed by atoms with E-state index in [2.05, 4.69) is 36.6 Å². The number of halogens is 3. The van der Waals surface area contributed by atoms with Crippen LogP contribution in [0.1, 0.15) is 36.8 Å². The van der Waals surface area contributed by atoms with E-state index >= 15 is 0 Å². The molecule has 48 heavy (non-hydrogen) atoms. The highest BCUT2D eigenvalue weighted by Gasteiger charge is 2.34. The van der Waals surface area contributed by atoms with Crippen LogP contribution in [0, 0.1) is 11.8 Å². The average Bonchev–Trinajstić information content (AvgIpc) is 3.62. The summed E-state index contributed by atoms with van der Waals surface area (Å²) in [5, 5.41) is 30.8. The number of nitrogens with one attached hydrogen (secondary N) is 4. The number of rotatable bonds is 11. The number of carbonyl (C=O) groups excluding carboxylic acids is 2. The van der Waals surface area contributed by atoms with E-state index in [1.54, 1.807) is 48.5 Å². The Balaban J connectivity index is 1.32. The first-order chi connectivity index (χ1) is 23.0. The zero-order valence-electron chi connectivity index (χ0n) is 25.9. The van der Waals surface area contributed by atoms with Crippen LogP contribution in [-0.4, -0.2) is 63.3 Å². The van der Waals surface area contributed by atoms with Crippen LogP contribution in [0.2, 0.25) is 0 Å². The monoisotopic (exact) mass is 665 g/mol. The Morgan fingerprint density at radius 2 is 1.67 bits per heavy atom. The van der Waals surface area contributed by atoms with Gasteiger partial charge in [0, 0.05) is 30.1 Å². The SMILES string of the molecule is COc1ccc(-c2ccc(C[C@H](NC(=O)[C@H]3CC[C@H](CNC(=O)O)CC3)C(=O)Nc3ccc(-c4nn[nH]n4)cc3)cc2)c(C(F)(F)F)c1. The van der Waals surface area contributed by atoms with Gasteiger partial charge in [-0.3, -0.25) is 9.59 Å². The van der Waals surface area contributed by atoms with Crippen LogP contribution >= 0.6 is 0 Å². The molecular weight excluding hydrogens is 631 g/mol. The van der Waals surface area contributed by atoms with Gasteiger partial charge in [-0.05, 0) is 89.9 Å². The first kappa shape index (κ1) is 33.9. The lowest BCUT2D eigenvalue weighted by Crippen LogP contribution is -2.48. The number of aromatic nitrogens is 4. The molecule has 15 heteroatoms. The summed E-state index contributed by atoms with van der Waals surface area (Å²) >= 11 is 0. The molecular formula is C33H34F3N7O5. The van der Waals surface area contributed by atoms with E-state index in [4.69, 9.17) is 9.84 Å². The smallest absolute Gasteiger partial charge is 0.417 e. The second-order valence-electron chi connectivity index (χ2n) is 11.6. The fourth-order valence-corrected chi connectivity index (χ4v) is 5.77. The molecule has 3 aromatic carbocycles. The van der Waals surface area contributed by atoms with E-state index in [1.807, 2.05) is 0 Å². The number of carbonyl (C=O) groups is 3. The first-order valence-corrected chi connectivity index (χ1v) is 15.3. The number of amides is 3. The van der Waals surface area contributed by atoms with Crippen molar-refractivity contribution in [3.05, 3.63) is 77.9 Å². The van der Waals surface area contributed by atoms with Crippen molar-refractivity contribution in [1.82, 2.24) is 31.3 Å². The van der Waals surface area contributed by atoms with Crippen molar-refractivity contribution in [2.75, 3.05) is 19.0 Å². The first-order valence-electron chi connectivity index (χ1n) is 15.3. The number of aromatic amines is 1. The average molecular weight is 666 g/mol. The Labute approximate surface area is 273 Å². The summed E-state index contributed by atoms with van der Waals surface area (Å²) < 4.78 is 46.5. The number of alkyl halides is 3. The second-order valence-corrected chi connectivity index (χ2v) is 11.6. The molecule has 1 heterocycles. The molecule has 0 spiro atoms. The van der Waals surface area contributed by atoms with Gasteiger partial charge in [0.1, 0.15) is 11.8 Å². The molecule has 1 aliphatic carbocycles. The number of carboxylic acid groups (broad SMARTS) is 1. The van der Waals surface area contributed by atoms with Gasteiger partial charge in [0.25, 0.3) is 0 Å². The predicted molar refractivity (Wildman–Crippen MR) is 169 cm³/mol. The molecule has 0 unspecified atom stereocenters. The van der Waals surface area contributed by atoms with E-state index in [-0.39, 0.29) is 35.5 Å². The fraction of sp³-hybridized carbons (Fsp3) is 0.333. The van der Waals surface area contributed by atoms with E-state index in [0.29, 0.717) is 60.4 Å². The number of benzene rings is 3. The van der Waals surface area contributed by atoms with Gasteiger partial charge in [-0.2, -0.15) is 18.4 Å². The van der Waals surface area contributed by atoms with Crippen molar-refractivity contribution in [3.8, 4) is 28.3 Å². The van der Waals surface area contributed by atoms with E-state index in [0.717, 1.165) is 6.07 Å². The molecule has 1 fully saturated rings. The van der Waals surface area contributed by atoms with Gasteiger partial charge in [-0.15, -0.1) is 10.2 Å². The van der Waals surface area contributed by atoms with E-state index in [9.17, 15) is 27.6 Å². The molecule has 3 amide bonds. The number of hydrogen-bond acceptors (Lipinski definition) is 7. The maximum absolute atomic E-state index is 13.9. The van der Waals surface area contributed by atoms with Crippen molar-refractivity contribution in [1.29, 1.82) is 0 Å². The molecule has 4 aromatic rings. The van der Waals surface area contributed by atoms with E-state index < -0.39 is 29.8 Å². The van der Waals surface area contributed by atoms with Gasteiger partial charge in [0.2, 0.25) is 17.6 Å². The third-order valence-electron chi connectivity index (χ3n) is 8.39. The summed E-state index contributed by atoms with van der Waals surface area (Å²) in [7, 11) is 1.30. The lowest BCUT2D eigenvalue weighted by molar-refractivity contribution is -0.137. The Morgan fingerprint density at radius 1 is 0.979 bits per heavy atom. The molecule has 252 valence electrons. The molecule has 0 saturated heterocycles. The third-order valence-corrected chi connectivity index (χ3v) is 8.39. The van der Waals surface area contributed by atoms with Crippen molar-refractivity contribution in [2.45, 2.75) is 44.3 Å². The lowest BCUT2D eigenvalue weighted by Gasteiger charge is -2.29. The maximum atomic E-state index is 13.9. The molecule has 5 N–H and O–H groups in total. The molecule has 1 atom stereocenters. The number of methoxy groups -OCH3 is 1. The van der Waals surface area contributed by atoms with Crippen LogP contribution in [0.25, 0.3) is 22.5 Å². The van der Waals surface area contributed by atoms with Gasteiger partial charge in [-0.25, -0.2) is 4.79 Å². The van der Waals surface area contributed by atoms with Gasteiger partial charge in [0.05, 0.1) is 12.7 Å². The molecule has 1 aromatic heterocycles. The number of ether oxygens (including phenoxy) is 1. The van der Waals surface area contributed by atoms with Crippen LogP contribution < -0.4 is 20.7 Å². The normalized spacial score (nSPS) is 16.8. The highest BCUT2D eigenvalue weighted by molar-refractivity contribution is 5.97. The summed E-state index contributed by atoms with van der Waals surface area (Å²) in [6.07, 6.45) is -3.21. The minimum atomic E-state index is -4.61. The van der Waals surface area contributed by atoms with Gasteiger partial charge < -0.3 is 25.8 Å². The minimum Gasteiger partial charge on any atom is -0.497 e. The van der Waals surface area contributed by atoms with E-state index in [1.165, 1.54) is 19.2 Å². The van der Waals surface area contributed by atoms with Crippen LogP contribution in [0.3, 0.4) is 0 Å². The minimum absolute atomic E-state index is 0.0177. The molecule has 0 aliphatic heterocycles. The predicted octanol–water partition coefficient (Wildman–Crippen LogP) is 5.30. The summed E-state index contributed by atoms with van der Waals surface area (Å²) in [4.78, 5) is 37.8. The highest BCUT2D eigenvalue weighted by Crippen LogP contribution is 2.39. The molecule has 0 bridgehead atoms. The second kappa shape index (κ2) is 15.0. The lowest BCUT2D eigenvalue weighted by atomic mass is 9.81. The number of anilines is 1. The topological polar surface area (TPSA) is 171 Å².